The Morgan fingerprint density at radius 1 is 1.33 bits per heavy atom. The molecule has 0 aliphatic heterocycles. The Morgan fingerprint density at radius 3 is 2.67 bits per heavy atom. The molecule has 3 heteroatoms. The SMILES string of the molecule is CCCCNc1nc(C)cn1CC1(CC(C)C)CCCC1. The Kier molecular flexibility index (Phi) is 5.72. The van der Waals surface area contributed by atoms with Crippen LogP contribution in [0.5, 0.6) is 0 Å². The predicted molar refractivity (Wildman–Crippen MR) is 90.7 cm³/mol. The van der Waals surface area contributed by atoms with Gasteiger partial charge in [0.1, 0.15) is 0 Å². The van der Waals surface area contributed by atoms with Gasteiger partial charge >= 0.3 is 0 Å². The van der Waals surface area contributed by atoms with Crippen LogP contribution in [-0.2, 0) is 6.54 Å². The fraction of sp³-hybridized carbons (Fsp3) is 0.833. The molecule has 1 aliphatic rings. The van der Waals surface area contributed by atoms with Crippen molar-refractivity contribution in [2.45, 2.75) is 79.2 Å². The molecule has 1 aromatic heterocycles. The van der Waals surface area contributed by atoms with Gasteiger partial charge in [0.05, 0.1) is 5.69 Å². The minimum absolute atomic E-state index is 0.502. The molecular formula is C18H33N3. The number of anilines is 1. The van der Waals surface area contributed by atoms with Crippen molar-refractivity contribution in [3.8, 4) is 0 Å². The van der Waals surface area contributed by atoms with E-state index in [9.17, 15) is 0 Å². The lowest BCUT2D eigenvalue weighted by molar-refractivity contribution is 0.198. The van der Waals surface area contributed by atoms with E-state index in [0.29, 0.717) is 5.41 Å². The van der Waals surface area contributed by atoms with E-state index in [1.807, 2.05) is 0 Å². The molecule has 0 saturated heterocycles. The highest BCUT2D eigenvalue weighted by molar-refractivity contribution is 5.28. The average Bonchev–Trinajstić information content (AvgIpc) is 2.97. The minimum Gasteiger partial charge on any atom is -0.356 e. The summed E-state index contributed by atoms with van der Waals surface area (Å²) in [5.41, 5.74) is 1.63. The van der Waals surface area contributed by atoms with Gasteiger partial charge in [-0.25, -0.2) is 4.98 Å². The molecule has 0 spiro atoms. The van der Waals surface area contributed by atoms with Crippen molar-refractivity contribution in [2.24, 2.45) is 11.3 Å². The number of rotatable bonds is 8. The lowest BCUT2D eigenvalue weighted by Gasteiger charge is -2.32. The van der Waals surface area contributed by atoms with Crippen molar-refractivity contribution in [3.63, 3.8) is 0 Å². The summed E-state index contributed by atoms with van der Waals surface area (Å²) in [7, 11) is 0. The van der Waals surface area contributed by atoms with Gasteiger partial charge in [0.15, 0.2) is 0 Å². The van der Waals surface area contributed by atoms with Crippen LogP contribution in [0.25, 0.3) is 0 Å². The van der Waals surface area contributed by atoms with Crippen LogP contribution in [0.3, 0.4) is 0 Å². The van der Waals surface area contributed by atoms with E-state index in [1.54, 1.807) is 0 Å². The molecule has 1 aliphatic carbocycles. The first-order chi connectivity index (χ1) is 10.0. The van der Waals surface area contributed by atoms with E-state index >= 15 is 0 Å². The van der Waals surface area contributed by atoms with E-state index < -0.39 is 0 Å². The molecule has 1 N–H and O–H groups in total. The third-order valence-corrected chi connectivity index (χ3v) is 4.72. The van der Waals surface area contributed by atoms with Crippen molar-refractivity contribution in [3.05, 3.63) is 11.9 Å². The quantitative estimate of drug-likeness (QED) is 0.682. The smallest absolute Gasteiger partial charge is 0.203 e. The number of aryl methyl sites for hydroxylation is 1. The molecule has 1 fully saturated rings. The van der Waals surface area contributed by atoms with Gasteiger partial charge in [-0.2, -0.15) is 0 Å². The highest BCUT2D eigenvalue weighted by atomic mass is 15.2. The molecule has 2 rings (SSSR count). The van der Waals surface area contributed by atoms with Gasteiger partial charge in [0.25, 0.3) is 0 Å². The Hall–Kier alpha value is -0.990. The summed E-state index contributed by atoms with van der Waals surface area (Å²) >= 11 is 0. The number of nitrogens with one attached hydrogen (secondary N) is 1. The van der Waals surface area contributed by atoms with Gasteiger partial charge in [-0.15, -0.1) is 0 Å². The molecule has 1 saturated carbocycles. The maximum Gasteiger partial charge on any atom is 0.203 e. The van der Waals surface area contributed by atoms with Crippen LogP contribution in [-0.4, -0.2) is 16.1 Å². The first kappa shape index (κ1) is 16.4. The fourth-order valence-electron chi connectivity index (χ4n) is 3.96. The molecular weight excluding hydrogens is 258 g/mol. The number of hydrogen-bond donors (Lipinski definition) is 1. The third-order valence-electron chi connectivity index (χ3n) is 4.72. The summed E-state index contributed by atoms with van der Waals surface area (Å²) < 4.78 is 2.39. The van der Waals surface area contributed by atoms with Crippen LogP contribution in [0.2, 0.25) is 0 Å². The first-order valence-electron chi connectivity index (χ1n) is 8.82. The van der Waals surface area contributed by atoms with Gasteiger partial charge in [-0.1, -0.05) is 40.0 Å². The van der Waals surface area contributed by atoms with Gasteiger partial charge < -0.3 is 9.88 Å². The molecule has 0 aromatic carbocycles. The first-order valence-corrected chi connectivity index (χ1v) is 8.82. The minimum atomic E-state index is 0.502. The van der Waals surface area contributed by atoms with Crippen LogP contribution < -0.4 is 5.32 Å². The average molecular weight is 291 g/mol. The van der Waals surface area contributed by atoms with Gasteiger partial charge in [-0.05, 0) is 43.9 Å². The van der Waals surface area contributed by atoms with Gasteiger partial charge in [0.2, 0.25) is 5.95 Å². The molecule has 0 atom stereocenters. The van der Waals surface area contributed by atoms with Crippen LogP contribution >= 0.6 is 0 Å². The monoisotopic (exact) mass is 291 g/mol. The van der Waals surface area contributed by atoms with Crippen LogP contribution in [0.15, 0.2) is 6.20 Å². The second kappa shape index (κ2) is 7.33. The van der Waals surface area contributed by atoms with Crippen molar-refractivity contribution in [1.29, 1.82) is 0 Å². The van der Waals surface area contributed by atoms with Crippen molar-refractivity contribution >= 4 is 5.95 Å². The third kappa shape index (κ3) is 4.49. The van der Waals surface area contributed by atoms with Crippen LogP contribution in [0, 0.1) is 18.3 Å². The molecule has 0 bridgehead atoms. The van der Waals surface area contributed by atoms with Crippen molar-refractivity contribution in [1.82, 2.24) is 9.55 Å². The van der Waals surface area contributed by atoms with Gasteiger partial charge in [0, 0.05) is 19.3 Å². The summed E-state index contributed by atoms with van der Waals surface area (Å²) in [6.45, 7) is 11.2. The zero-order valence-electron chi connectivity index (χ0n) is 14.4. The summed E-state index contributed by atoms with van der Waals surface area (Å²) in [5.74, 6) is 1.86. The number of nitrogens with zero attached hydrogens (tertiary/aromatic N) is 2. The lowest BCUT2D eigenvalue weighted by atomic mass is 9.78. The molecule has 3 nitrogen and oxygen atoms in total. The Labute approximate surface area is 130 Å². The molecule has 0 amide bonds. The summed E-state index contributed by atoms with van der Waals surface area (Å²) in [6, 6.07) is 0. The van der Waals surface area contributed by atoms with Crippen LogP contribution in [0.4, 0.5) is 5.95 Å². The normalized spacial score (nSPS) is 17.6. The topological polar surface area (TPSA) is 29.9 Å². The zero-order chi connectivity index (χ0) is 15.3. The standard InChI is InChI=1S/C18H33N3/c1-5-6-11-19-17-20-16(4)13-21(17)14-18(12-15(2)3)9-7-8-10-18/h13,15H,5-12,14H2,1-4H3,(H,19,20). The predicted octanol–water partition coefficient (Wildman–Crippen LogP) is 5.01. The van der Waals surface area contributed by atoms with E-state index in [4.69, 9.17) is 0 Å². The second-order valence-electron chi connectivity index (χ2n) is 7.42. The fourth-order valence-corrected chi connectivity index (χ4v) is 3.96. The summed E-state index contributed by atoms with van der Waals surface area (Å²) in [5, 5.41) is 3.53. The Morgan fingerprint density at radius 2 is 2.05 bits per heavy atom. The molecule has 1 heterocycles. The second-order valence-corrected chi connectivity index (χ2v) is 7.42. The largest absolute Gasteiger partial charge is 0.356 e. The molecule has 1 aromatic rings. The summed E-state index contributed by atoms with van der Waals surface area (Å²) in [4.78, 5) is 4.69. The maximum atomic E-state index is 4.69. The van der Waals surface area contributed by atoms with E-state index in [2.05, 4.69) is 48.8 Å². The number of hydrogen-bond acceptors (Lipinski definition) is 2. The van der Waals surface area contributed by atoms with E-state index in [1.165, 1.54) is 44.9 Å². The number of aromatic nitrogens is 2. The Balaban J connectivity index is 2.09. The zero-order valence-corrected chi connectivity index (χ0v) is 14.4. The Bertz CT molecular complexity index is 428. The van der Waals surface area contributed by atoms with Crippen molar-refractivity contribution < 1.29 is 0 Å². The van der Waals surface area contributed by atoms with E-state index in [-0.39, 0.29) is 0 Å². The molecule has 0 unspecified atom stereocenters. The van der Waals surface area contributed by atoms with Crippen LogP contribution in [0.1, 0.15) is 71.4 Å². The highest BCUT2D eigenvalue weighted by Gasteiger charge is 2.35. The highest BCUT2D eigenvalue weighted by Crippen LogP contribution is 2.45. The molecule has 0 radical (unpaired) electrons. The number of unbranched alkanes of at least 4 members (excludes halogenated alkanes) is 1. The molecule has 120 valence electrons. The van der Waals surface area contributed by atoms with Crippen molar-refractivity contribution in [2.75, 3.05) is 11.9 Å². The van der Waals surface area contributed by atoms with Gasteiger partial charge in [-0.3, -0.25) is 0 Å². The maximum absolute atomic E-state index is 4.69. The molecule has 21 heavy (non-hydrogen) atoms. The summed E-state index contributed by atoms with van der Waals surface area (Å²) in [6.07, 6.45) is 11.6. The van der Waals surface area contributed by atoms with E-state index in [0.717, 1.165) is 30.6 Å². The number of imidazole rings is 1. The lowest BCUT2D eigenvalue weighted by Crippen LogP contribution is -2.26.